The van der Waals surface area contributed by atoms with Gasteiger partial charge in [-0.2, -0.15) is 0 Å². The summed E-state index contributed by atoms with van der Waals surface area (Å²) in [5.41, 5.74) is 0.991. The van der Waals surface area contributed by atoms with Gasteiger partial charge in [-0.05, 0) is 19.1 Å². The predicted octanol–water partition coefficient (Wildman–Crippen LogP) is 1.28. The summed E-state index contributed by atoms with van der Waals surface area (Å²) in [6.45, 7) is 2.06. The van der Waals surface area contributed by atoms with Gasteiger partial charge in [0, 0.05) is 18.5 Å². The molecule has 0 aliphatic carbocycles. The van der Waals surface area contributed by atoms with Crippen molar-refractivity contribution in [3.05, 3.63) is 30.0 Å². The standard InChI is InChI=1S/C12H16N2O4S/c1-9(7-17-2)14-19(15,16)8-11-10-5-3-4-6-12(10)18-13-11/h3-6,9,14H,7-8H2,1-2H3. The Hall–Kier alpha value is -1.44. The van der Waals surface area contributed by atoms with Crippen LogP contribution in [0.15, 0.2) is 28.8 Å². The van der Waals surface area contributed by atoms with E-state index in [1.165, 1.54) is 7.11 Å². The molecule has 0 saturated heterocycles. The average Bonchev–Trinajstić information content (AvgIpc) is 2.72. The molecule has 0 fully saturated rings. The summed E-state index contributed by atoms with van der Waals surface area (Å²) in [4.78, 5) is 0. The molecule has 1 aromatic carbocycles. The highest BCUT2D eigenvalue weighted by atomic mass is 32.2. The van der Waals surface area contributed by atoms with E-state index in [1.807, 2.05) is 12.1 Å². The van der Waals surface area contributed by atoms with Crippen molar-refractivity contribution < 1.29 is 17.7 Å². The Balaban J connectivity index is 2.16. The van der Waals surface area contributed by atoms with Gasteiger partial charge in [-0.1, -0.05) is 17.3 Å². The fraction of sp³-hybridized carbons (Fsp3) is 0.417. The third-order valence-electron chi connectivity index (χ3n) is 2.58. The zero-order valence-corrected chi connectivity index (χ0v) is 11.6. The lowest BCUT2D eigenvalue weighted by atomic mass is 10.2. The zero-order valence-electron chi connectivity index (χ0n) is 10.8. The second-order valence-corrected chi connectivity index (χ2v) is 6.11. The second kappa shape index (κ2) is 5.68. The van der Waals surface area contributed by atoms with E-state index >= 15 is 0 Å². The summed E-state index contributed by atoms with van der Waals surface area (Å²) in [7, 11) is -1.95. The minimum atomic E-state index is -3.47. The molecular weight excluding hydrogens is 268 g/mol. The van der Waals surface area contributed by atoms with Gasteiger partial charge >= 0.3 is 0 Å². The van der Waals surface area contributed by atoms with Crippen molar-refractivity contribution in [3.63, 3.8) is 0 Å². The number of nitrogens with one attached hydrogen (secondary N) is 1. The SMILES string of the molecule is COCC(C)NS(=O)(=O)Cc1noc2ccccc12. The number of rotatable bonds is 6. The third kappa shape index (κ3) is 3.52. The second-order valence-electron chi connectivity index (χ2n) is 4.36. The largest absolute Gasteiger partial charge is 0.383 e. The van der Waals surface area contributed by atoms with Gasteiger partial charge in [0.1, 0.15) is 11.4 Å². The summed E-state index contributed by atoms with van der Waals surface area (Å²) >= 11 is 0. The zero-order chi connectivity index (χ0) is 13.9. The summed E-state index contributed by atoms with van der Waals surface area (Å²) in [6.07, 6.45) is 0. The van der Waals surface area contributed by atoms with Gasteiger partial charge in [0.2, 0.25) is 10.0 Å². The van der Waals surface area contributed by atoms with Crippen molar-refractivity contribution in [1.29, 1.82) is 0 Å². The Kier molecular flexibility index (Phi) is 4.18. The third-order valence-corrected chi connectivity index (χ3v) is 3.99. The van der Waals surface area contributed by atoms with Crippen LogP contribution in [0.25, 0.3) is 11.0 Å². The van der Waals surface area contributed by atoms with Crippen LogP contribution >= 0.6 is 0 Å². The van der Waals surface area contributed by atoms with Crippen LogP contribution in [0.5, 0.6) is 0 Å². The lowest BCUT2D eigenvalue weighted by molar-refractivity contribution is 0.180. The number of hydrogen-bond donors (Lipinski definition) is 1. The van der Waals surface area contributed by atoms with Gasteiger partial charge in [0.25, 0.3) is 0 Å². The van der Waals surface area contributed by atoms with Crippen LogP contribution in [0, 0.1) is 0 Å². The van der Waals surface area contributed by atoms with Crippen molar-refractivity contribution in [2.24, 2.45) is 0 Å². The van der Waals surface area contributed by atoms with E-state index < -0.39 is 10.0 Å². The van der Waals surface area contributed by atoms with Gasteiger partial charge in [-0.15, -0.1) is 0 Å². The molecule has 1 atom stereocenters. The minimum absolute atomic E-state index is 0.210. The molecule has 0 spiro atoms. The number of ether oxygens (including phenoxy) is 1. The van der Waals surface area contributed by atoms with Crippen molar-refractivity contribution >= 4 is 21.0 Å². The molecule has 0 aliphatic rings. The summed E-state index contributed by atoms with van der Waals surface area (Å²) in [6, 6.07) is 6.88. The van der Waals surface area contributed by atoms with E-state index in [0.717, 1.165) is 0 Å². The molecule has 0 saturated carbocycles. The van der Waals surface area contributed by atoms with Crippen molar-refractivity contribution in [2.45, 2.75) is 18.7 Å². The number of para-hydroxylation sites is 1. The summed E-state index contributed by atoms with van der Waals surface area (Å²) in [5.74, 6) is -0.210. The van der Waals surface area contributed by atoms with Gasteiger partial charge in [0.15, 0.2) is 5.58 Å². The number of aromatic nitrogens is 1. The number of sulfonamides is 1. The first kappa shape index (κ1) is 14.0. The highest BCUT2D eigenvalue weighted by molar-refractivity contribution is 7.88. The fourth-order valence-corrected chi connectivity index (χ4v) is 3.19. The lowest BCUT2D eigenvalue weighted by Crippen LogP contribution is -2.36. The van der Waals surface area contributed by atoms with Crippen LogP contribution in [0.3, 0.4) is 0 Å². The number of benzene rings is 1. The Labute approximate surface area is 111 Å². The molecule has 0 aliphatic heterocycles. The van der Waals surface area contributed by atoms with Crippen LogP contribution < -0.4 is 4.72 Å². The Bertz CT molecular complexity index is 651. The highest BCUT2D eigenvalue weighted by Crippen LogP contribution is 2.19. The molecule has 0 bridgehead atoms. The van der Waals surface area contributed by atoms with E-state index in [0.29, 0.717) is 23.3 Å². The fourth-order valence-electron chi connectivity index (χ4n) is 1.85. The summed E-state index contributed by atoms with van der Waals surface area (Å²) in [5, 5.41) is 4.52. The Morgan fingerprint density at radius 1 is 1.42 bits per heavy atom. The van der Waals surface area contributed by atoms with Crippen LogP contribution in [-0.2, 0) is 20.5 Å². The topological polar surface area (TPSA) is 81.4 Å². The molecule has 2 aromatic rings. The summed E-state index contributed by atoms with van der Waals surface area (Å²) < 4.78 is 36.5. The van der Waals surface area contributed by atoms with Crippen molar-refractivity contribution in [1.82, 2.24) is 9.88 Å². The van der Waals surface area contributed by atoms with Gasteiger partial charge in [-0.25, -0.2) is 13.1 Å². The highest BCUT2D eigenvalue weighted by Gasteiger charge is 2.19. The number of hydrogen-bond acceptors (Lipinski definition) is 5. The molecule has 7 heteroatoms. The minimum Gasteiger partial charge on any atom is -0.383 e. The number of fused-ring (bicyclic) bond motifs is 1. The smallest absolute Gasteiger partial charge is 0.217 e. The first-order valence-electron chi connectivity index (χ1n) is 5.84. The van der Waals surface area contributed by atoms with Crippen LogP contribution in [0.2, 0.25) is 0 Å². The maximum absolute atomic E-state index is 12.0. The van der Waals surface area contributed by atoms with Gasteiger partial charge < -0.3 is 9.26 Å². The molecule has 6 nitrogen and oxygen atoms in total. The van der Waals surface area contributed by atoms with Crippen LogP contribution in [0.1, 0.15) is 12.6 Å². The van der Waals surface area contributed by atoms with E-state index in [1.54, 1.807) is 19.1 Å². The van der Waals surface area contributed by atoms with Gasteiger partial charge in [-0.3, -0.25) is 0 Å². The molecule has 1 heterocycles. The van der Waals surface area contributed by atoms with Crippen LogP contribution in [0.4, 0.5) is 0 Å². The monoisotopic (exact) mass is 284 g/mol. The number of methoxy groups -OCH3 is 1. The molecule has 19 heavy (non-hydrogen) atoms. The molecule has 1 N–H and O–H groups in total. The molecule has 0 amide bonds. The van der Waals surface area contributed by atoms with E-state index in [-0.39, 0.29) is 11.8 Å². The average molecular weight is 284 g/mol. The molecule has 1 unspecified atom stereocenters. The van der Waals surface area contributed by atoms with E-state index in [9.17, 15) is 8.42 Å². The maximum atomic E-state index is 12.0. The maximum Gasteiger partial charge on any atom is 0.217 e. The predicted molar refractivity (Wildman–Crippen MR) is 71.1 cm³/mol. The number of nitrogens with zero attached hydrogens (tertiary/aromatic N) is 1. The molecule has 2 rings (SSSR count). The first-order chi connectivity index (χ1) is 9.02. The molecule has 104 valence electrons. The normalized spacial score (nSPS) is 13.8. The van der Waals surface area contributed by atoms with Crippen LogP contribution in [-0.4, -0.2) is 33.3 Å². The van der Waals surface area contributed by atoms with Crippen molar-refractivity contribution in [3.8, 4) is 0 Å². The van der Waals surface area contributed by atoms with Crippen molar-refractivity contribution in [2.75, 3.05) is 13.7 Å². The van der Waals surface area contributed by atoms with E-state index in [4.69, 9.17) is 9.26 Å². The Morgan fingerprint density at radius 3 is 2.89 bits per heavy atom. The van der Waals surface area contributed by atoms with Gasteiger partial charge in [0.05, 0.1) is 6.61 Å². The Morgan fingerprint density at radius 2 is 2.16 bits per heavy atom. The molecule has 0 radical (unpaired) electrons. The lowest BCUT2D eigenvalue weighted by Gasteiger charge is -2.12. The quantitative estimate of drug-likeness (QED) is 0.864. The molecule has 1 aromatic heterocycles. The molecular formula is C12H16N2O4S. The van der Waals surface area contributed by atoms with E-state index in [2.05, 4.69) is 9.88 Å². The first-order valence-corrected chi connectivity index (χ1v) is 7.49.